The normalized spacial score (nSPS) is 15.6. The van der Waals surface area contributed by atoms with Gasteiger partial charge in [0, 0.05) is 17.9 Å². The maximum absolute atomic E-state index is 12.8. The Bertz CT molecular complexity index is 1030. The maximum atomic E-state index is 12.8. The van der Waals surface area contributed by atoms with Gasteiger partial charge in [-0.1, -0.05) is 12.1 Å². The van der Waals surface area contributed by atoms with Crippen molar-refractivity contribution in [3.05, 3.63) is 53.1 Å². The molecule has 3 aromatic rings. The lowest BCUT2D eigenvalue weighted by molar-refractivity contribution is 0.0927. The Hall–Kier alpha value is -3.00. The van der Waals surface area contributed by atoms with Crippen molar-refractivity contribution in [1.82, 2.24) is 29.8 Å². The summed E-state index contributed by atoms with van der Waals surface area (Å²) < 4.78 is 6.98. The fraction of sp³-hybridized carbons (Fsp3) is 0.429. The monoisotopic (exact) mass is 394 g/mol. The summed E-state index contributed by atoms with van der Waals surface area (Å²) in [5, 5.41) is 7.35. The molecule has 1 aromatic carbocycles. The molecular formula is C21H26N6O2. The first-order valence-electron chi connectivity index (χ1n) is 9.92. The summed E-state index contributed by atoms with van der Waals surface area (Å²) in [6.45, 7) is 6.34. The Balaban J connectivity index is 1.53. The number of carbonyl (C=O) groups is 1. The van der Waals surface area contributed by atoms with Gasteiger partial charge < -0.3 is 10.1 Å². The molecule has 3 heterocycles. The zero-order valence-corrected chi connectivity index (χ0v) is 17.1. The van der Waals surface area contributed by atoms with Gasteiger partial charge in [-0.15, -0.1) is 5.10 Å². The fourth-order valence-corrected chi connectivity index (χ4v) is 3.89. The predicted molar refractivity (Wildman–Crippen MR) is 109 cm³/mol. The second-order valence-electron chi connectivity index (χ2n) is 7.43. The minimum Gasteiger partial charge on any atom is -0.497 e. The molecule has 1 aliphatic heterocycles. The number of methoxy groups -OCH3 is 1. The lowest BCUT2D eigenvalue weighted by Gasteiger charge is -2.28. The molecule has 0 saturated carbocycles. The largest absolute Gasteiger partial charge is 0.497 e. The van der Waals surface area contributed by atoms with Crippen LogP contribution < -0.4 is 10.1 Å². The second-order valence-corrected chi connectivity index (χ2v) is 7.43. The van der Waals surface area contributed by atoms with Gasteiger partial charge in [0.2, 0.25) is 5.82 Å². The van der Waals surface area contributed by atoms with Gasteiger partial charge >= 0.3 is 0 Å². The number of rotatable bonds is 6. The van der Waals surface area contributed by atoms with Gasteiger partial charge in [0.15, 0.2) is 0 Å². The van der Waals surface area contributed by atoms with E-state index < -0.39 is 0 Å². The number of amides is 1. The van der Waals surface area contributed by atoms with Gasteiger partial charge in [0.25, 0.3) is 11.7 Å². The first-order valence-corrected chi connectivity index (χ1v) is 9.92. The molecule has 1 fully saturated rings. The quantitative estimate of drug-likeness (QED) is 0.691. The molecule has 152 valence electrons. The Morgan fingerprint density at radius 3 is 2.76 bits per heavy atom. The zero-order chi connectivity index (χ0) is 20.4. The zero-order valence-electron chi connectivity index (χ0n) is 17.1. The molecule has 1 amide bonds. The molecule has 1 aliphatic rings. The Morgan fingerprint density at radius 1 is 1.21 bits per heavy atom. The van der Waals surface area contributed by atoms with Crippen molar-refractivity contribution in [1.29, 1.82) is 0 Å². The highest BCUT2D eigenvalue weighted by atomic mass is 16.5. The average Bonchev–Trinajstić information content (AvgIpc) is 3.38. The number of fused-ring (bicyclic) bond motifs is 1. The van der Waals surface area contributed by atoms with E-state index in [2.05, 4.69) is 31.3 Å². The number of nitrogens with one attached hydrogen (secondary N) is 1. The van der Waals surface area contributed by atoms with Crippen LogP contribution in [0.25, 0.3) is 5.78 Å². The number of hydrogen-bond acceptors (Lipinski definition) is 6. The van der Waals surface area contributed by atoms with Crippen LogP contribution in [0.3, 0.4) is 0 Å². The van der Waals surface area contributed by atoms with Gasteiger partial charge in [-0.3, -0.25) is 9.69 Å². The topological polar surface area (TPSA) is 84.6 Å². The van der Waals surface area contributed by atoms with Gasteiger partial charge in [-0.2, -0.15) is 4.98 Å². The summed E-state index contributed by atoms with van der Waals surface area (Å²) in [7, 11) is 1.67. The number of carbonyl (C=O) groups excluding carboxylic acids is 1. The molecule has 1 atom stereocenters. The Morgan fingerprint density at radius 2 is 2.00 bits per heavy atom. The molecule has 2 aromatic heterocycles. The molecule has 8 heteroatoms. The van der Waals surface area contributed by atoms with Crippen molar-refractivity contribution in [3.8, 4) is 5.75 Å². The van der Waals surface area contributed by atoms with E-state index in [9.17, 15) is 4.79 Å². The molecule has 8 nitrogen and oxygen atoms in total. The average molecular weight is 394 g/mol. The van der Waals surface area contributed by atoms with E-state index in [-0.39, 0.29) is 17.8 Å². The van der Waals surface area contributed by atoms with Crippen LogP contribution in [0.4, 0.5) is 0 Å². The van der Waals surface area contributed by atoms with Crippen molar-refractivity contribution < 1.29 is 9.53 Å². The lowest BCUT2D eigenvalue weighted by atomic mass is 10.0. The van der Waals surface area contributed by atoms with Crippen LogP contribution in [0.5, 0.6) is 5.75 Å². The molecule has 0 spiro atoms. The summed E-state index contributed by atoms with van der Waals surface area (Å²) >= 11 is 0. The third kappa shape index (κ3) is 4.07. The summed E-state index contributed by atoms with van der Waals surface area (Å²) in [6.07, 6.45) is 2.35. The third-order valence-electron chi connectivity index (χ3n) is 5.34. The standard InChI is InChI=1S/C21H26N6O2/c1-14-11-15(2)27-21(23-14)24-19(25-27)20(28)22-13-18(26-9-4-5-10-26)16-7-6-8-17(12-16)29-3/h6-8,11-12,18H,4-5,9-10,13H2,1-3H3,(H,22,28). The van der Waals surface area contributed by atoms with Crippen molar-refractivity contribution >= 4 is 11.7 Å². The van der Waals surface area contributed by atoms with Crippen LogP contribution in [0.2, 0.25) is 0 Å². The van der Waals surface area contributed by atoms with Gasteiger partial charge in [-0.05, 0) is 63.5 Å². The van der Waals surface area contributed by atoms with E-state index in [0.717, 1.165) is 35.8 Å². The summed E-state index contributed by atoms with van der Waals surface area (Å²) in [5.74, 6) is 1.10. The minimum atomic E-state index is -0.292. The van der Waals surface area contributed by atoms with Crippen molar-refractivity contribution in [3.63, 3.8) is 0 Å². The van der Waals surface area contributed by atoms with E-state index in [4.69, 9.17) is 4.74 Å². The van der Waals surface area contributed by atoms with Gasteiger partial charge in [-0.25, -0.2) is 9.50 Å². The number of aryl methyl sites for hydroxylation is 2. The number of aromatic nitrogens is 4. The molecule has 1 saturated heterocycles. The molecule has 0 aliphatic carbocycles. The van der Waals surface area contributed by atoms with E-state index in [1.807, 2.05) is 38.1 Å². The van der Waals surface area contributed by atoms with E-state index in [1.54, 1.807) is 11.6 Å². The SMILES string of the molecule is COc1cccc(C(CNC(=O)c2nc3nc(C)cc(C)n3n2)N2CCCC2)c1. The number of hydrogen-bond donors (Lipinski definition) is 1. The van der Waals surface area contributed by atoms with Crippen LogP contribution in [0.1, 0.15) is 46.5 Å². The van der Waals surface area contributed by atoms with Crippen LogP contribution in [-0.2, 0) is 0 Å². The van der Waals surface area contributed by atoms with Crippen LogP contribution >= 0.6 is 0 Å². The van der Waals surface area contributed by atoms with Crippen LogP contribution in [0, 0.1) is 13.8 Å². The number of benzene rings is 1. The molecule has 4 rings (SSSR count). The number of ether oxygens (including phenoxy) is 1. The maximum Gasteiger partial charge on any atom is 0.291 e. The summed E-state index contributed by atoms with van der Waals surface area (Å²) in [6, 6.07) is 10.0. The fourth-order valence-electron chi connectivity index (χ4n) is 3.89. The Kier molecular flexibility index (Phi) is 5.44. The Labute approximate surface area is 169 Å². The van der Waals surface area contributed by atoms with E-state index in [1.165, 1.54) is 12.8 Å². The molecule has 1 unspecified atom stereocenters. The number of likely N-dealkylation sites (tertiary alicyclic amines) is 1. The van der Waals surface area contributed by atoms with Crippen molar-refractivity contribution in [2.75, 3.05) is 26.7 Å². The molecular weight excluding hydrogens is 368 g/mol. The number of nitrogens with zero attached hydrogens (tertiary/aromatic N) is 5. The highest BCUT2D eigenvalue weighted by Crippen LogP contribution is 2.27. The molecule has 0 radical (unpaired) electrons. The van der Waals surface area contributed by atoms with E-state index in [0.29, 0.717) is 12.3 Å². The smallest absolute Gasteiger partial charge is 0.291 e. The molecule has 0 bridgehead atoms. The van der Waals surface area contributed by atoms with E-state index >= 15 is 0 Å². The van der Waals surface area contributed by atoms with Crippen molar-refractivity contribution in [2.45, 2.75) is 32.7 Å². The predicted octanol–water partition coefficient (Wildman–Crippen LogP) is 2.32. The first-order chi connectivity index (χ1) is 14.0. The summed E-state index contributed by atoms with van der Waals surface area (Å²) in [5.41, 5.74) is 2.87. The summed E-state index contributed by atoms with van der Waals surface area (Å²) in [4.78, 5) is 23.8. The minimum absolute atomic E-state index is 0.0793. The van der Waals surface area contributed by atoms with Crippen molar-refractivity contribution in [2.24, 2.45) is 0 Å². The first kappa shape index (κ1) is 19.3. The molecule has 1 N–H and O–H groups in total. The molecule has 29 heavy (non-hydrogen) atoms. The van der Waals surface area contributed by atoms with Crippen LogP contribution in [-0.4, -0.2) is 57.1 Å². The highest BCUT2D eigenvalue weighted by molar-refractivity contribution is 5.90. The second kappa shape index (κ2) is 8.16. The lowest BCUT2D eigenvalue weighted by Crippen LogP contribution is -2.37. The van der Waals surface area contributed by atoms with Gasteiger partial charge in [0.05, 0.1) is 13.2 Å². The third-order valence-corrected chi connectivity index (χ3v) is 5.34. The highest BCUT2D eigenvalue weighted by Gasteiger charge is 2.25. The van der Waals surface area contributed by atoms with Crippen LogP contribution in [0.15, 0.2) is 30.3 Å². The van der Waals surface area contributed by atoms with Gasteiger partial charge in [0.1, 0.15) is 5.75 Å².